The highest BCUT2D eigenvalue weighted by atomic mass is 31.2. The van der Waals surface area contributed by atoms with Crippen molar-refractivity contribution in [2.24, 2.45) is 0 Å². The molecule has 0 bridgehead atoms. The highest BCUT2D eigenvalue weighted by Crippen LogP contribution is 2.48. The summed E-state index contributed by atoms with van der Waals surface area (Å²) in [5, 5.41) is 8.39. The number of rotatable bonds is 39. The van der Waals surface area contributed by atoms with Crippen molar-refractivity contribution in [1.29, 1.82) is 0 Å². The molecule has 0 saturated heterocycles. The van der Waals surface area contributed by atoms with E-state index in [1.807, 2.05) is 6.92 Å². The van der Waals surface area contributed by atoms with E-state index in [1.54, 1.807) is 0 Å². The Morgan fingerprint density at radius 1 is 0.408 bits per heavy atom. The lowest BCUT2D eigenvalue weighted by molar-refractivity contribution is -0.870. The van der Waals surface area contributed by atoms with Crippen molar-refractivity contribution in [2.45, 2.75) is 226 Å². The molecule has 49 heavy (non-hydrogen) atoms. The Balaban J connectivity index is 0. The molecule has 0 aliphatic rings. The average Bonchev–Trinajstić information content (AvgIpc) is 3.07. The Morgan fingerprint density at radius 2 is 0.633 bits per heavy atom. The minimum Gasteiger partial charge on any atom is -0.391 e. The van der Waals surface area contributed by atoms with Gasteiger partial charge in [0.05, 0.1) is 41.0 Å². The maximum atomic E-state index is 12.9. The monoisotopic (exact) mass is 719 g/mol. The molecule has 0 atom stereocenters. The van der Waals surface area contributed by atoms with E-state index in [9.17, 15) is 4.57 Å². The molecule has 6 heteroatoms. The molecule has 0 aromatic heterocycles. The number of nitrogens with zero attached hydrogens (tertiary/aromatic N) is 1. The molecule has 0 spiro atoms. The summed E-state index contributed by atoms with van der Waals surface area (Å²) >= 11 is 0. The SMILES string of the molecule is CCCCCCCCCCCCCCCCCCOP(=O)(CC)OCCCCCCCCCCCCCCCCCC.C[N+](C)(C)CCO. The number of aliphatic hydroxyl groups is 1. The number of likely N-dealkylation sites (N-methyl/N-ethyl adjacent to an activating group) is 1. The van der Waals surface area contributed by atoms with E-state index in [0.717, 1.165) is 23.9 Å². The number of quaternary nitrogens is 1. The first-order valence-electron chi connectivity index (χ1n) is 22.0. The largest absolute Gasteiger partial charge is 0.391 e. The molecule has 0 aliphatic carbocycles. The van der Waals surface area contributed by atoms with E-state index in [2.05, 4.69) is 35.0 Å². The van der Waals surface area contributed by atoms with Crippen molar-refractivity contribution < 1.29 is 23.2 Å². The maximum absolute atomic E-state index is 12.9. The summed E-state index contributed by atoms with van der Waals surface area (Å²) in [4.78, 5) is 0. The predicted molar refractivity (Wildman–Crippen MR) is 219 cm³/mol. The van der Waals surface area contributed by atoms with Crippen molar-refractivity contribution in [3.05, 3.63) is 0 Å². The van der Waals surface area contributed by atoms with Gasteiger partial charge in [-0.1, -0.05) is 213 Å². The summed E-state index contributed by atoms with van der Waals surface area (Å²) in [5.41, 5.74) is 0. The van der Waals surface area contributed by atoms with Crippen molar-refractivity contribution in [1.82, 2.24) is 0 Å². The number of hydrogen-bond acceptors (Lipinski definition) is 4. The molecule has 0 radical (unpaired) electrons. The van der Waals surface area contributed by atoms with Crippen LogP contribution in [0.25, 0.3) is 0 Å². The Hall–Kier alpha value is 0.0700. The molecule has 0 aliphatic heterocycles. The highest BCUT2D eigenvalue weighted by molar-refractivity contribution is 7.53. The van der Waals surface area contributed by atoms with Crippen LogP contribution in [-0.4, -0.2) is 63.3 Å². The second-order valence-corrected chi connectivity index (χ2v) is 18.3. The lowest BCUT2D eigenvalue weighted by Crippen LogP contribution is -2.36. The van der Waals surface area contributed by atoms with Crippen LogP contribution < -0.4 is 0 Å². The molecule has 0 saturated carbocycles. The van der Waals surface area contributed by atoms with Crippen LogP contribution in [0.5, 0.6) is 0 Å². The van der Waals surface area contributed by atoms with Gasteiger partial charge in [-0.25, -0.2) is 0 Å². The van der Waals surface area contributed by atoms with E-state index in [1.165, 1.54) is 193 Å². The van der Waals surface area contributed by atoms with Gasteiger partial charge in [0.25, 0.3) is 0 Å². The summed E-state index contributed by atoms with van der Waals surface area (Å²) in [6, 6.07) is 0. The normalized spacial score (nSPS) is 12.0. The summed E-state index contributed by atoms with van der Waals surface area (Å²) in [6.07, 6.45) is 44.1. The number of aliphatic hydroxyl groups excluding tert-OH is 1. The Kier molecular flexibility index (Phi) is 42.6. The molecule has 0 amide bonds. The summed E-state index contributed by atoms with van der Waals surface area (Å²) < 4.78 is 25.2. The fraction of sp³-hybridized carbons (Fsp3) is 1.00. The van der Waals surface area contributed by atoms with Gasteiger partial charge < -0.3 is 18.6 Å². The van der Waals surface area contributed by atoms with Gasteiger partial charge in [-0.2, -0.15) is 0 Å². The fourth-order valence-electron chi connectivity index (χ4n) is 6.23. The van der Waals surface area contributed by atoms with Gasteiger partial charge >= 0.3 is 7.60 Å². The first-order valence-corrected chi connectivity index (χ1v) is 23.8. The molecule has 0 rings (SSSR count). The summed E-state index contributed by atoms with van der Waals surface area (Å²) in [5.74, 6) is 0. The number of hydrogen-bond donors (Lipinski definition) is 1. The lowest BCUT2D eigenvalue weighted by atomic mass is 10.0. The maximum Gasteiger partial charge on any atom is 0.330 e. The third kappa shape index (κ3) is 46.0. The van der Waals surface area contributed by atoms with E-state index in [-0.39, 0.29) is 6.61 Å². The van der Waals surface area contributed by atoms with Crippen molar-refractivity contribution in [3.8, 4) is 0 Å². The fourth-order valence-corrected chi connectivity index (χ4v) is 7.48. The molecule has 0 aromatic rings. The predicted octanol–water partition coefficient (Wildman–Crippen LogP) is 14.4. The molecular formula is C43H93NO4P+. The standard InChI is InChI=1S/C38H79O3P.C5H14NO/c1-4-7-9-11-13-15-17-19-21-23-25-27-29-31-33-35-37-40-42(39,6-3)41-38-36-34-32-30-28-26-24-22-20-18-16-14-12-10-8-5-2;1-6(2,3)4-5-7/h4-38H2,1-3H3;7H,4-5H2,1-3H3/q;+1. The van der Waals surface area contributed by atoms with Crippen LogP contribution in [0.4, 0.5) is 0 Å². The first-order chi connectivity index (χ1) is 23.7. The van der Waals surface area contributed by atoms with Crippen LogP contribution in [0.15, 0.2) is 0 Å². The third-order valence-corrected chi connectivity index (χ3v) is 11.7. The third-order valence-electron chi connectivity index (χ3n) is 9.73. The lowest BCUT2D eigenvalue weighted by Gasteiger charge is -2.21. The molecule has 0 fully saturated rings. The molecular weight excluding hydrogens is 625 g/mol. The number of unbranched alkanes of at least 4 members (excludes halogenated alkanes) is 30. The summed E-state index contributed by atoms with van der Waals surface area (Å²) in [7, 11) is 3.28. The second kappa shape index (κ2) is 40.8. The molecule has 1 N–H and O–H groups in total. The van der Waals surface area contributed by atoms with Crippen molar-refractivity contribution in [2.75, 3.05) is 53.7 Å². The van der Waals surface area contributed by atoms with Gasteiger partial charge in [-0.3, -0.25) is 4.57 Å². The Bertz CT molecular complexity index is 612. The Morgan fingerprint density at radius 3 is 0.796 bits per heavy atom. The van der Waals surface area contributed by atoms with Crippen LogP contribution in [0.3, 0.4) is 0 Å². The Labute approximate surface area is 310 Å². The topological polar surface area (TPSA) is 55.8 Å². The minimum atomic E-state index is -2.88. The van der Waals surface area contributed by atoms with Crippen molar-refractivity contribution in [3.63, 3.8) is 0 Å². The van der Waals surface area contributed by atoms with E-state index in [0.29, 0.717) is 19.4 Å². The molecule has 0 heterocycles. The zero-order valence-electron chi connectivity index (χ0n) is 34.7. The van der Waals surface area contributed by atoms with Crippen LogP contribution in [0, 0.1) is 0 Å². The molecule has 0 unspecified atom stereocenters. The summed E-state index contributed by atoms with van der Waals surface area (Å²) in [6.45, 7) is 8.80. The zero-order valence-corrected chi connectivity index (χ0v) is 35.6. The first kappa shape index (κ1) is 51.2. The van der Waals surface area contributed by atoms with Crippen molar-refractivity contribution >= 4 is 7.60 Å². The van der Waals surface area contributed by atoms with Gasteiger partial charge in [0.2, 0.25) is 0 Å². The molecule has 5 nitrogen and oxygen atoms in total. The van der Waals surface area contributed by atoms with E-state index < -0.39 is 7.60 Å². The van der Waals surface area contributed by atoms with Gasteiger partial charge in [0.1, 0.15) is 6.54 Å². The van der Waals surface area contributed by atoms with Gasteiger partial charge in [-0.15, -0.1) is 0 Å². The van der Waals surface area contributed by atoms with Crippen LogP contribution >= 0.6 is 7.60 Å². The molecule has 0 aromatic carbocycles. The highest BCUT2D eigenvalue weighted by Gasteiger charge is 2.21. The van der Waals surface area contributed by atoms with E-state index >= 15 is 0 Å². The zero-order chi connectivity index (χ0) is 36.6. The van der Waals surface area contributed by atoms with Crippen LogP contribution in [0.2, 0.25) is 0 Å². The average molecular weight is 719 g/mol. The minimum absolute atomic E-state index is 0.281. The van der Waals surface area contributed by atoms with Gasteiger partial charge in [0, 0.05) is 6.16 Å². The smallest absolute Gasteiger partial charge is 0.330 e. The molecule has 298 valence electrons. The van der Waals surface area contributed by atoms with E-state index in [4.69, 9.17) is 14.2 Å². The van der Waals surface area contributed by atoms with Crippen LogP contribution in [0.1, 0.15) is 226 Å². The van der Waals surface area contributed by atoms with Gasteiger partial charge in [0.15, 0.2) is 0 Å². The quantitative estimate of drug-likeness (QED) is 0.0390. The second-order valence-electron chi connectivity index (χ2n) is 15.9. The van der Waals surface area contributed by atoms with Gasteiger partial charge in [-0.05, 0) is 12.8 Å². The van der Waals surface area contributed by atoms with Crippen LogP contribution in [-0.2, 0) is 13.6 Å².